The number of carbonyl (C=O) groups is 1. The highest BCUT2D eigenvalue weighted by atomic mass is 16.2. The lowest BCUT2D eigenvalue weighted by molar-refractivity contribution is 0.0673. The number of amides is 1. The van der Waals surface area contributed by atoms with E-state index in [-0.39, 0.29) is 5.91 Å². The maximum absolute atomic E-state index is 12.2. The van der Waals surface area contributed by atoms with Gasteiger partial charge in [-0.05, 0) is 18.8 Å². The van der Waals surface area contributed by atoms with E-state index in [4.69, 9.17) is 5.73 Å². The normalized spacial score (nSPS) is 21.1. The van der Waals surface area contributed by atoms with Crippen molar-refractivity contribution >= 4 is 11.6 Å². The summed E-state index contributed by atoms with van der Waals surface area (Å²) in [5.74, 6) is 0.580. The van der Waals surface area contributed by atoms with Crippen LogP contribution in [0.2, 0.25) is 0 Å². The van der Waals surface area contributed by atoms with Crippen molar-refractivity contribution in [1.29, 1.82) is 0 Å². The molecule has 88 valence electrons. The molecule has 0 aliphatic carbocycles. The van der Waals surface area contributed by atoms with Crippen molar-refractivity contribution in [1.82, 2.24) is 14.7 Å². The Kier molecular flexibility index (Phi) is 2.85. The van der Waals surface area contributed by atoms with Crippen LogP contribution in [0.3, 0.4) is 0 Å². The average Bonchev–Trinajstić information content (AvgIpc) is 2.58. The molecule has 1 aliphatic heterocycles. The number of likely N-dealkylation sites (tertiary alicyclic amines) is 1. The number of aryl methyl sites for hydroxylation is 1. The number of anilines is 1. The van der Waals surface area contributed by atoms with E-state index in [1.165, 1.54) is 12.6 Å². The van der Waals surface area contributed by atoms with E-state index in [9.17, 15) is 4.79 Å². The van der Waals surface area contributed by atoms with E-state index in [0.29, 0.717) is 17.3 Å². The number of nitrogens with two attached hydrogens (primary N) is 1. The Morgan fingerprint density at radius 1 is 1.62 bits per heavy atom. The SMILES string of the molecule is CC1CCCN(C(=O)c2c(N)cnn2C)C1. The molecule has 1 atom stereocenters. The van der Waals surface area contributed by atoms with Crippen LogP contribution in [0.4, 0.5) is 5.69 Å². The van der Waals surface area contributed by atoms with Gasteiger partial charge in [-0.3, -0.25) is 9.48 Å². The Labute approximate surface area is 95.2 Å². The Morgan fingerprint density at radius 2 is 2.38 bits per heavy atom. The Balaban J connectivity index is 2.18. The molecule has 16 heavy (non-hydrogen) atoms. The minimum atomic E-state index is 0.00375. The summed E-state index contributed by atoms with van der Waals surface area (Å²) in [6, 6.07) is 0. The molecular formula is C11H18N4O. The monoisotopic (exact) mass is 222 g/mol. The average molecular weight is 222 g/mol. The van der Waals surface area contributed by atoms with E-state index in [1.54, 1.807) is 11.7 Å². The number of carbonyl (C=O) groups excluding carboxylic acids is 1. The largest absolute Gasteiger partial charge is 0.396 e. The van der Waals surface area contributed by atoms with Gasteiger partial charge in [0.1, 0.15) is 5.69 Å². The zero-order chi connectivity index (χ0) is 11.7. The molecular weight excluding hydrogens is 204 g/mol. The molecule has 0 bridgehead atoms. The molecule has 1 amide bonds. The first kappa shape index (κ1) is 11.0. The number of hydrogen-bond donors (Lipinski definition) is 1. The molecule has 2 heterocycles. The van der Waals surface area contributed by atoms with Gasteiger partial charge >= 0.3 is 0 Å². The Hall–Kier alpha value is -1.52. The van der Waals surface area contributed by atoms with Crippen LogP contribution in [0, 0.1) is 5.92 Å². The molecule has 1 unspecified atom stereocenters. The van der Waals surface area contributed by atoms with Gasteiger partial charge in [0.15, 0.2) is 0 Å². The van der Waals surface area contributed by atoms with Crippen molar-refractivity contribution in [2.75, 3.05) is 18.8 Å². The van der Waals surface area contributed by atoms with Crippen LogP contribution in [0.15, 0.2) is 6.20 Å². The molecule has 0 aromatic carbocycles. The van der Waals surface area contributed by atoms with Gasteiger partial charge < -0.3 is 10.6 Å². The zero-order valence-electron chi connectivity index (χ0n) is 9.81. The van der Waals surface area contributed by atoms with Gasteiger partial charge in [-0.2, -0.15) is 5.10 Å². The summed E-state index contributed by atoms with van der Waals surface area (Å²) in [5, 5.41) is 4.00. The molecule has 2 rings (SSSR count). The summed E-state index contributed by atoms with van der Waals surface area (Å²) < 4.78 is 1.55. The number of rotatable bonds is 1. The van der Waals surface area contributed by atoms with Crippen LogP contribution in [0.5, 0.6) is 0 Å². The number of nitrogen functional groups attached to an aromatic ring is 1. The fourth-order valence-electron chi connectivity index (χ4n) is 2.24. The van der Waals surface area contributed by atoms with Crippen molar-refractivity contribution in [3.63, 3.8) is 0 Å². The maximum atomic E-state index is 12.2. The van der Waals surface area contributed by atoms with Crippen molar-refractivity contribution < 1.29 is 4.79 Å². The predicted molar refractivity (Wildman–Crippen MR) is 61.9 cm³/mol. The standard InChI is InChI=1S/C11H18N4O/c1-8-4-3-5-15(7-8)11(16)10-9(12)6-13-14(10)2/h6,8H,3-5,7,12H2,1-2H3. The molecule has 5 nitrogen and oxygen atoms in total. The molecule has 1 fully saturated rings. The highest BCUT2D eigenvalue weighted by Crippen LogP contribution is 2.19. The van der Waals surface area contributed by atoms with Gasteiger partial charge in [-0.1, -0.05) is 6.92 Å². The van der Waals surface area contributed by atoms with Crippen molar-refractivity contribution in [3.8, 4) is 0 Å². The minimum absolute atomic E-state index is 0.00375. The molecule has 0 saturated carbocycles. The van der Waals surface area contributed by atoms with Gasteiger partial charge in [-0.25, -0.2) is 0 Å². The van der Waals surface area contributed by atoms with Crippen LogP contribution in [0.25, 0.3) is 0 Å². The second kappa shape index (κ2) is 4.15. The van der Waals surface area contributed by atoms with Gasteiger partial charge in [-0.15, -0.1) is 0 Å². The lowest BCUT2D eigenvalue weighted by Crippen LogP contribution is -2.40. The van der Waals surface area contributed by atoms with E-state index >= 15 is 0 Å². The third-order valence-corrected chi connectivity index (χ3v) is 3.11. The number of nitrogens with zero attached hydrogens (tertiary/aromatic N) is 3. The summed E-state index contributed by atoms with van der Waals surface area (Å²) >= 11 is 0. The minimum Gasteiger partial charge on any atom is -0.396 e. The number of aromatic nitrogens is 2. The number of piperidine rings is 1. The van der Waals surface area contributed by atoms with Crippen LogP contribution in [0.1, 0.15) is 30.3 Å². The molecule has 5 heteroatoms. The van der Waals surface area contributed by atoms with Crippen molar-refractivity contribution in [3.05, 3.63) is 11.9 Å². The van der Waals surface area contributed by atoms with E-state index in [0.717, 1.165) is 19.5 Å². The van der Waals surface area contributed by atoms with Crippen LogP contribution in [-0.4, -0.2) is 33.7 Å². The second-order valence-corrected chi connectivity index (χ2v) is 4.57. The third kappa shape index (κ3) is 1.89. The highest BCUT2D eigenvalue weighted by Gasteiger charge is 2.25. The first-order chi connectivity index (χ1) is 7.59. The van der Waals surface area contributed by atoms with Gasteiger partial charge in [0.2, 0.25) is 0 Å². The molecule has 1 aliphatic rings. The maximum Gasteiger partial charge on any atom is 0.274 e. The van der Waals surface area contributed by atoms with Crippen LogP contribution < -0.4 is 5.73 Å². The molecule has 0 radical (unpaired) electrons. The fraction of sp³-hybridized carbons (Fsp3) is 0.636. The third-order valence-electron chi connectivity index (χ3n) is 3.11. The zero-order valence-corrected chi connectivity index (χ0v) is 9.81. The molecule has 1 aromatic heterocycles. The first-order valence-corrected chi connectivity index (χ1v) is 5.66. The molecule has 2 N–H and O–H groups in total. The highest BCUT2D eigenvalue weighted by molar-refractivity contribution is 5.97. The second-order valence-electron chi connectivity index (χ2n) is 4.57. The first-order valence-electron chi connectivity index (χ1n) is 5.66. The Bertz CT molecular complexity index is 379. The smallest absolute Gasteiger partial charge is 0.274 e. The van der Waals surface area contributed by atoms with E-state index < -0.39 is 0 Å². The summed E-state index contributed by atoms with van der Waals surface area (Å²) in [7, 11) is 1.75. The van der Waals surface area contributed by atoms with Crippen LogP contribution >= 0.6 is 0 Å². The van der Waals surface area contributed by atoms with E-state index in [2.05, 4.69) is 12.0 Å². The summed E-state index contributed by atoms with van der Waals surface area (Å²) in [6.07, 6.45) is 3.80. The van der Waals surface area contributed by atoms with Crippen molar-refractivity contribution in [2.24, 2.45) is 13.0 Å². The lowest BCUT2D eigenvalue weighted by atomic mass is 10.00. The Morgan fingerprint density at radius 3 is 2.94 bits per heavy atom. The predicted octanol–water partition coefficient (Wildman–Crippen LogP) is 0.874. The van der Waals surface area contributed by atoms with Gasteiger partial charge in [0, 0.05) is 20.1 Å². The van der Waals surface area contributed by atoms with Crippen LogP contribution in [-0.2, 0) is 7.05 Å². The molecule has 1 saturated heterocycles. The summed E-state index contributed by atoms with van der Waals surface area (Å²) in [4.78, 5) is 14.1. The summed E-state index contributed by atoms with van der Waals surface area (Å²) in [5.41, 5.74) is 6.72. The lowest BCUT2D eigenvalue weighted by Gasteiger charge is -2.30. The van der Waals surface area contributed by atoms with Gasteiger partial charge in [0.05, 0.1) is 11.9 Å². The summed E-state index contributed by atoms with van der Waals surface area (Å²) in [6.45, 7) is 3.82. The van der Waals surface area contributed by atoms with Crippen molar-refractivity contribution in [2.45, 2.75) is 19.8 Å². The van der Waals surface area contributed by atoms with E-state index in [1.807, 2.05) is 4.90 Å². The molecule has 0 spiro atoms. The number of hydrogen-bond acceptors (Lipinski definition) is 3. The fourth-order valence-corrected chi connectivity index (χ4v) is 2.24. The van der Waals surface area contributed by atoms with Gasteiger partial charge in [0.25, 0.3) is 5.91 Å². The quantitative estimate of drug-likeness (QED) is 0.767. The topological polar surface area (TPSA) is 64.2 Å². The molecule has 1 aromatic rings.